The van der Waals surface area contributed by atoms with Gasteiger partial charge in [-0.15, -0.1) is 0 Å². The van der Waals surface area contributed by atoms with E-state index in [1.807, 2.05) is 45.0 Å². The van der Waals surface area contributed by atoms with Crippen molar-refractivity contribution in [2.24, 2.45) is 5.41 Å². The zero-order valence-electron chi connectivity index (χ0n) is 12.8. The SMILES string of the molecule is CC(C)(C)C(=O)Nc1cccc(-c2nc3cnccc3o2)c1. The molecule has 0 unspecified atom stereocenters. The first-order valence-electron chi connectivity index (χ1n) is 7.06. The summed E-state index contributed by atoms with van der Waals surface area (Å²) in [5.74, 6) is 0.473. The van der Waals surface area contributed by atoms with Crippen LogP contribution < -0.4 is 5.32 Å². The topological polar surface area (TPSA) is 68.0 Å². The lowest BCUT2D eigenvalue weighted by Crippen LogP contribution is -2.27. The maximum absolute atomic E-state index is 12.1. The van der Waals surface area contributed by atoms with Crippen molar-refractivity contribution in [2.75, 3.05) is 5.32 Å². The van der Waals surface area contributed by atoms with Crippen LogP contribution in [0.25, 0.3) is 22.6 Å². The first kappa shape index (κ1) is 14.3. The van der Waals surface area contributed by atoms with Crippen LogP contribution in [0, 0.1) is 5.41 Å². The monoisotopic (exact) mass is 295 g/mol. The molecule has 0 atom stereocenters. The molecule has 3 rings (SSSR count). The maximum atomic E-state index is 12.1. The van der Waals surface area contributed by atoms with E-state index >= 15 is 0 Å². The lowest BCUT2D eigenvalue weighted by atomic mass is 9.95. The van der Waals surface area contributed by atoms with Gasteiger partial charge in [-0.25, -0.2) is 4.98 Å². The molecule has 0 spiro atoms. The van der Waals surface area contributed by atoms with Crippen LogP contribution >= 0.6 is 0 Å². The molecule has 112 valence electrons. The molecule has 0 saturated heterocycles. The van der Waals surface area contributed by atoms with Gasteiger partial charge >= 0.3 is 0 Å². The van der Waals surface area contributed by atoms with Gasteiger partial charge in [0.1, 0.15) is 5.52 Å². The Morgan fingerprint density at radius 1 is 1.23 bits per heavy atom. The van der Waals surface area contributed by atoms with Crippen LogP contribution in [-0.2, 0) is 4.79 Å². The van der Waals surface area contributed by atoms with Crippen molar-refractivity contribution in [3.8, 4) is 11.5 Å². The average Bonchev–Trinajstić information content (AvgIpc) is 2.90. The largest absolute Gasteiger partial charge is 0.436 e. The van der Waals surface area contributed by atoms with Crippen LogP contribution in [-0.4, -0.2) is 15.9 Å². The van der Waals surface area contributed by atoms with E-state index in [1.54, 1.807) is 18.5 Å². The number of aromatic nitrogens is 2. The molecule has 0 fully saturated rings. The van der Waals surface area contributed by atoms with E-state index in [9.17, 15) is 4.79 Å². The Balaban J connectivity index is 1.92. The van der Waals surface area contributed by atoms with E-state index in [0.717, 1.165) is 11.3 Å². The fourth-order valence-electron chi connectivity index (χ4n) is 1.95. The van der Waals surface area contributed by atoms with Crippen LogP contribution in [0.5, 0.6) is 0 Å². The number of rotatable bonds is 2. The number of nitrogens with one attached hydrogen (secondary N) is 1. The molecule has 0 saturated carbocycles. The Morgan fingerprint density at radius 2 is 2.05 bits per heavy atom. The van der Waals surface area contributed by atoms with Crippen molar-refractivity contribution < 1.29 is 9.21 Å². The highest BCUT2D eigenvalue weighted by Gasteiger charge is 2.21. The number of benzene rings is 1. The fraction of sp³-hybridized carbons (Fsp3) is 0.235. The second kappa shape index (κ2) is 5.26. The van der Waals surface area contributed by atoms with Gasteiger partial charge in [0.2, 0.25) is 11.8 Å². The molecule has 0 radical (unpaired) electrons. The van der Waals surface area contributed by atoms with E-state index in [-0.39, 0.29) is 5.91 Å². The first-order valence-corrected chi connectivity index (χ1v) is 7.06. The third-order valence-electron chi connectivity index (χ3n) is 3.24. The number of amides is 1. The minimum absolute atomic E-state index is 0.0357. The Labute approximate surface area is 128 Å². The summed E-state index contributed by atoms with van der Waals surface area (Å²) in [6.07, 6.45) is 3.32. The number of hydrogen-bond donors (Lipinski definition) is 1. The summed E-state index contributed by atoms with van der Waals surface area (Å²) in [4.78, 5) is 20.5. The summed E-state index contributed by atoms with van der Waals surface area (Å²) in [5, 5.41) is 2.91. The number of nitrogens with zero attached hydrogens (tertiary/aromatic N) is 2. The zero-order chi connectivity index (χ0) is 15.7. The second-order valence-electron chi connectivity index (χ2n) is 6.15. The van der Waals surface area contributed by atoms with Gasteiger partial charge in [0, 0.05) is 28.9 Å². The van der Waals surface area contributed by atoms with Crippen molar-refractivity contribution in [1.29, 1.82) is 0 Å². The molecule has 0 bridgehead atoms. The van der Waals surface area contributed by atoms with Gasteiger partial charge < -0.3 is 9.73 Å². The van der Waals surface area contributed by atoms with E-state index in [1.165, 1.54) is 0 Å². The van der Waals surface area contributed by atoms with Crippen molar-refractivity contribution in [3.05, 3.63) is 42.7 Å². The second-order valence-corrected chi connectivity index (χ2v) is 6.15. The van der Waals surface area contributed by atoms with Crippen molar-refractivity contribution in [2.45, 2.75) is 20.8 Å². The van der Waals surface area contributed by atoms with E-state index in [4.69, 9.17) is 4.42 Å². The van der Waals surface area contributed by atoms with E-state index in [0.29, 0.717) is 17.0 Å². The van der Waals surface area contributed by atoms with Gasteiger partial charge in [0.15, 0.2) is 5.58 Å². The van der Waals surface area contributed by atoms with Gasteiger partial charge in [-0.1, -0.05) is 26.8 Å². The van der Waals surface area contributed by atoms with Gasteiger partial charge in [-0.2, -0.15) is 0 Å². The van der Waals surface area contributed by atoms with Gasteiger partial charge in [0.05, 0.1) is 6.20 Å². The third-order valence-corrected chi connectivity index (χ3v) is 3.24. The standard InChI is InChI=1S/C17H17N3O2/c1-17(2,3)16(21)19-12-6-4-5-11(9-12)15-20-13-10-18-8-7-14(13)22-15/h4-10H,1-3H3,(H,19,21). The molecule has 1 N–H and O–H groups in total. The van der Waals surface area contributed by atoms with Crippen LogP contribution in [0.2, 0.25) is 0 Å². The maximum Gasteiger partial charge on any atom is 0.229 e. The van der Waals surface area contributed by atoms with Crippen molar-refractivity contribution >= 4 is 22.7 Å². The highest BCUT2D eigenvalue weighted by atomic mass is 16.3. The highest BCUT2D eigenvalue weighted by Crippen LogP contribution is 2.26. The summed E-state index contributed by atoms with van der Waals surface area (Å²) < 4.78 is 5.72. The number of anilines is 1. The molecule has 0 aliphatic carbocycles. The smallest absolute Gasteiger partial charge is 0.229 e. The van der Waals surface area contributed by atoms with Gasteiger partial charge in [-0.3, -0.25) is 9.78 Å². The Kier molecular flexibility index (Phi) is 3.41. The molecule has 1 amide bonds. The number of hydrogen-bond acceptors (Lipinski definition) is 4. The van der Waals surface area contributed by atoms with Crippen LogP contribution in [0.1, 0.15) is 20.8 Å². The normalized spacial score (nSPS) is 11.6. The van der Waals surface area contributed by atoms with Crippen LogP contribution in [0.15, 0.2) is 47.1 Å². The fourth-order valence-corrected chi connectivity index (χ4v) is 1.95. The Morgan fingerprint density at radius 3 is 2.77 bits per heavy atom. The van der Waals surface area contributed by atoms with E-state index in [2.05, 4.69) is 15.3 Å². The molecule has 0 aliphatic rings. The quantitative estimate of drug-likeness (QED) is 0.779. The van der Waals surface area contributed by atoms with Crippen LogP contribution in [0.4, 0.5) is 5.69 Å². The summed E-state index contributed by atoms with van der Waals surface area (Å²) >= 11 is 0. The molecule has 2 heterocycles. The first-order chi connectivity index (χ1) is 10.4. The van der Waals surface area contributed by atoms with Crippen molar-refractivity contribution in [1.82, 2.24) is 9.97 Å². The number of oxazole rings is 1. The summed E-state index contributed by atoms with van der Waals surface area (Å²) in [5.41, 5.74) is 2.48. The molecule has 2 aromatic heterocycles. The molecule has 3 aromatic rings. The molecular formula is C17H17N3O2. The predicted octanol–water partition coefficient (Wildman–Crippen LogP) is 3.87. The number of pyridine rings is 1. The Hall–Kier alpha value is -2.69. The molecule has 5 nitrogen and oxygen atoms in total. The van der Waals surface area contributed by atoms with Crippen LogP contribution in [0.3, 0.4) is 0 Å². The molecule has 1 aromatic carbocycles. The predicted molar refractivity (Wildman–Crippen MR) is 85.3 cm³/mol. The lowest BCUT2D eigenvalue weighted by Gasteiger charge is -2.17. The lowest BCUT2D eigenvalue weighted by molar-refractivity contribution is -0.123. The number of carbonyl (C=O) groups is 1. The molecular weight excluding hydrogens is 278 g/mol. The van der Waals surface area contributed by atoms with Crippen molar-refractivity contribution in [3.63, 3.8) is 0 Å². The van der Waals surface area contributed by atoms with E-state index < -0.39 is 5.41 Å². The molecule has 22 heavy (non-hydrogen) atoms. The summed E-state index contributed by atoms with van der Waals surface area (Å²) in [7, 11) is 0. The van der Waals surface area contributed by atoms with Gasteiger partial charge in [0.25, 0.3) is 0 Å². The highest BCUT2D eigenvalue weighted by molar-refractivity contribution is 5.95. The number of fused-ring (bicyclic) bond motifs is 1. The van der Waals surface area contributed by atoms with Gasteiger partial charge in [-0.05, 0) is 18.2 Å². The summed E-state index contributed by atoms with van der Waals surface area (Å²) in [6, 6.07) is 9.22. The minimum Gasteiger partial charge on any atom is -0.436 e. The minimum atomic E-state index is -0.445. The summed E-state index contributed by atoms with van der Waals surface area (Å²) in [6.45, 7) is 5.62. The zero-order valence-corrected chi connectivity index (χ0v) is 12.8. The molecule has 5 heteroatoms. The molecule has 0 aliphatic heterocycles. The number of carbonyl (C=O) groups excluding carboxylic acids is 1. The average molecular weight is 295 g/mol. The third kappa shape index (κ3) is 2.83. The Bertz CT molecular complexity index is 798.